The van der Waals surface area contributed by atoms with Crippen LogP contribution in [0.25, 0.3) is 0 Å². The molecule has 0 bridgehead atoms. The molecule has 1 aromatic rings. The summed E-state index contributed by atoms with van der Waals surface area (Å²) in [6, 6.07) is 8.55. The van der Waals surface area contributed by atoms with E-state index in [9.17, 15) is 4.79 Å². The Morgan fingerprint density at radius 1 is 1.17 bits per heavy atom. The van der Waals surface area contributed by atoms with Gasteiger partial charge in [-0.2, -0.15) is 0 Å². The Morgan fingerprint density at radius 3 is 2.61 bits per heavy atom. The molecule has 5 nitrogen and oxygen atoms in total. The average molecular weight is 317 g/mol. The lowest BCUT2D eigenvalue weighted by molar-refractivity contribution is -0.137. The molecule has 23 heavy (non-hydrogen) atoms. The predicted octanol–water partition coefficient (Wildman–Crippen LogP) is 1.62. The van der Waals surface area contributed by atoms with Crippen LogP contribution >= 0.6 is 0 Å². The molecule has 3 rings (SSSR count). The molecule has 1 aromatic carbocycles. The van der Waals surface area contributed by atoms with Gasteiger partial charge in [0.2, 0.25) is 0 Å². The van der Waals surface area contributed by atoms with Crippen molar-refractivity contribution in [1.82, 2.24) is 10.2 Å². The molecule has 1 atom stereocenters. The first-order valence-corrected chi connectivity index (χ1v) is 8.64. The summed E-state index contributed by atoms with van der Waals surface area (Å²) in [5.74, 6) is -0.0170. The number of anilines is 1. The normalized spacial score (nSPS) is 22.8. The lowest BCUT2D eigenvalue weighted by atomic mass is 10.1. The zero-order valence-corrected chi connectivity index (χ0v) is 14.0. The number of hydrogen-bond donors (Lipinski definition) is 1. The number of benzene rings is 1. The molecule has 0 radical (unpaired) electrons. The van der Waals surface area contributed by atoms with Crippen molar-refractivity contribution in [1.29, 1.82) is 0 Å². The van der Waals surface area contributed by atoms with Crippen molar-refractivity contribution in [2.45, 2.75) is 31.9 Å². The number of likely N-dealkylation sites (N-methyl/N-ethyl adjacent to an activating group) is 1. The van der Waals surface area contributed by atoms with E-state index in [1.807, 2.05) is 7.05 Å². The van der Waals surface area contributed by atoms with Crippen LogP contribution in [-0.4, -0.2) is 56.7 Å². The van der Waals surface area contributed by atoms with E-state index in [-0.39, 0.29) is 12.0 Å². The number of ether oxygens (including phenoxy) is 1. The Labute approximate surface area is 138 Å². The largest absolute Gasteiger partial charge is 0.372 e. The highest BCUT2D eigenvalue weighted by Crippen LogP contribution is 2.20. The van der Waals surface area contributed by atoms with Gasteiger partial charge in [0.1, 0.15) is 6.10 Å². The van der Waals surface area contributed by atoms with Crippen LogP contribution < -0.4 is 10.2 Å². The number of hydrogen-bond acceptors (Lipinski definition) is 4. The number of nitrogens with one attached hydrogen (secondary N) is 1. The number of carbonyl (C=O) groups excluding carboxylic acids is 1. The van der Waals surface area contributed by atoms with Crippen molar-refractivity contribution in [3.63, 3.8) is 0 Å². The predicted molar refractivity (Wildman–Crippen MR) is 91.6 cm³/mol. The van der Waals surface area contributed by atoms with Gasteiger partial charge in [0.15, 0.2) is 0 Å². The van der Waals surface area contributed by atoms with E-state index in [4.69, 9.17) is 4.74 Å². The lowest BCUT2D eigenvalue weighted by Crippen LogP contribution is -2.48. The van der Waals surface area contributed by atoms with Gasteiger partial charge in [-0.05, 0) is 44.0 Å². The van der Waals surface area contributed by atoms with Crippen LogP contribution in [0.5, 0.6) is 0 Å². The van der Waals surface area contributed by atoms with Gasteiger partial charge in [-0.15, -0.1) is 0 Å². The molecular weight excluding hydrogens is 290 g/mol. The summed E-state index contributed by atoms with van der Waals surface area (Å²) in [6.45, 7) is 5.05. The monoisotopic (exact) mass is 317 g/mol. The maximum Gasteiger partial charge on any atom is 0.250 e. The maximum absolute atomic E-state index is 12.2. The molecule has 2 fully saturated rings. The zero-order chi connectivity index (χ0) is 16.1. The number of amides is 1. The number of piperidine rings is 1. The number of rotatable bonds is 4. The SMILES string of the molecule is CN1CCOC(C(=O)NCc2ccc(N3CCCCC3)cc2)C1. The molecular formula is C18H27N3O2. The van der Waals surface area contributed by atoms with E-state index >= 15 is 0 Å². The molecule has 1 amide bonds. The third-order valence-corrected chi connectivity index (χ3v) is 4.69. The van der Waals surface area contributed by atoms with Gasteiger partial charge in [-0.25, -0.2) is 0 Å². The highest BCUT2D eigenvalue weighted by Gasteiger charge is 2.24. The van der Waals surface area contributed by atoms with Gasteiger partial charge in [0, 0.05) is 38.4 Å². The smallest absolute Gasteiger partial charge is 0.250 e. The number of nitrogens with zero attached hydrogens (tertiary/aromatic N) is 2. The average Bonchev–Trinajstić information content (AvgIpc) is 2.61. The minimum absolute atomic E-state index is 0.0170. The van der Waals surface area contributed by atoms with Crippen LogP contribution in [-0.2, 0) is 16.1 Å². The molecule has 2 aliphatic heterocycles. The van der Waals surface area contributed by atoms with Crippen molar-refractivity contribution >= 4 is 11.6 Å². The summed E-state index contributed by atoms with van der Waals surface area (Å²) in [7, 11) is 2.02. The van der Waals surface area contributed by atoms with Crippen LogP contribution in [0.1, 0.15) is 24.8 Å². The first kappa shape index (κ1) is 16.3. The van der Waals surface area contributed by atoms with Gasteiger partial charge in [-0.1, -0.05) is 12.1 Å². The third-order valence-electron chi connectivity index (χ3n) is 4.69. The van der Waals surface area contributed by atoms with Gasteiger partial charge in [-0.3, -0.25) is 4.79 Å². The third kappa shape index (κ3) is 4.45. The molecule has 2 aliphatic rings. The van der Waals surface area contributed by atoms with Crippen molar-refractivity contribution in [2.24, 2.45) is 0 Å². The van der Waals surface area contributed by atoms with Crippen molar-refractivity contribution in [2.75, 3.05) is 44.7 Å². The molecule has 126 valence electrons. The first-order chi connectivity index (χ1) is 11.2. The Balaban J connectivity index is 1.49. The molecule has 1 N–H and O–H groups in total. The Hall–Kier alpha value is -1.59. The molecule has 2 saturated heterocycles. The number of morpholine rings is 1. The Kier molecular flexibility index (Phi) is 5.51. The topological polar surface area (TPSA) is 44.8 Å². The van der Waals surface area contributed by atoms with E-state index in [2.05, 4.69) is 39.4 Å². The van der Waals surface area contributed by atoms with E-state index in [0.29, 0.717) is 19.7 Å². The van der Waals surface area contributed by atoms with Gasteiger partial charge < -0.3 is 19.9 Å². The molecule has 0 saturated carbocycles. The molecule has 1 unspecified atom stereocenters. The lowest BCUT2D eigenvalue weighted by Gasteiger charge is -2.29. The molecule has 0 aliphatic carbocycles. The first-order valence-electron chi connectivity index (χ1n) is 8.64. The van der Waals surface area contributed by atoms with Crippen molar-refractivity contribution in [3.05, 3.63) is 29.8 Å². The standard InChI is InChI=1S/C18H27N3O2/c1-20-11-12-23-17(14-20)18(22)19-13-15-5-7-16(8-6-15)21-9-3-2-4-10-21/h5-8,17H,2-4,9-14H2,1H3,(H,19,22). The summed E-state index contributed by atoms with van der Waals surface area (Å²) in [4.78, 5) is 16.7. The fourth-order valence-electron chi connectivity index (χ4n) is 3.22. The second-order valence-electron chi connectivity index (χ2n) is 6.55. The molecule has 2 heterocycles. The Bertz CT molecular complexity index is 512. The van der Waals surface area contributed by atoms with Crippen LogP contribution in [0.15, 0.2) is 24.3 Å². The fourth-order valence-corrected chi connectivity index (χ4v) is 3.22. The minimum Gasteiger partial charge on any atom is -0.372 e. The Morgan fingerprint density at radius 2 is 1.91 bits per heavy atom. The van der Waals surface area contributed by atoms with E-state index in [0.717, 1.165) is 25.2 Å². The van der Waals surface area contributed by atoms with Crippen LogP contribution in [0.4, 0.5) is 5.69 Å². The highest BCUT2D eigenvalue weighted by molar-refractivity contribution is 5.81. The summed E-state index contributed by atoms with van der Waals surface area (Å²) in [5, 5.41) is 2.98. The second kappa shape index (κ2) is 7.79. The van der Waals surface area contributed by atoms with Crippen LogP contribution in [0.2, 0.25) is 0 Å². The fraction of sp³-hybridized carbons (Fsp3) is 0.611. The van der Waals surface area contributed by atoms with Crippen molar-refractivity contribution < 1.29 is 9.53 Å². The zero-order valence-electron chi connectivity index (χ0n) is 14.0. The maximum atomic E-state index is 12.2. The van der Waals surface area contributed by atoms with Gasteiger partial charge in [0.25, 0.3) is 5.91 Å². The van der Waals surface area contributed by atoms with Crippen LogP contribution in [0, 0.1) is 0 Å². The second-order valence-corrected chi connectivity index (χ2v) is 6.55. The van der Waals surface area contributed by atoms with E-state index in [1.165, 1.54) is 24.9 Å². The summed E-state index contributed by atoms with van der Waals surface area (Å²) < 4.78 is 5.54. The van der Waals surface area contributed by atoms with E-state index in [1.54, 1.807) is 0 Å². The number of carbonyl (C=O) groups is 1. The van der Waals surface area contributed by atoms with Gasteiger partial charge >= 0.3 is 0 Å². The van der Waals surface area contributed by atoms with E-state index < -0.39 is 0 Å². The molecule has 0 spiro atoms. The highest BCUT2D eigenvalue weighted by atomic mass is 16.5. The molecule has 0 aromatic heterocycles. The van der Waals surface area contributed by atoms with Crippen molar-refractivity contribution in [3.8, 4) is 0 Å². The summed E-state index contributed by atoms with van der Waals surface area (Å²) >= 11 is 0. The summed E-state index contributed by atoms with van der Waals surface area (Å²) in [6.07, 6.45) is 3.57. The minimum atomic E-state index is -0.346. The molecule has 5 heteroatoms. The summed E-state index contributed by atoms with van der Waals surface area (Å²) in [5.41, 5.74) is 2.42. The van der Waals surface area contributed by atoms with Crippen LogP contribution in [0.3, 0.4) is 0 Å². The quantitative estimate of drug-likeness (QED) is 0.917. The van der Waals surface area contributed by atoms with Gasteiger partial charge in [0.05, 0.1) is 6.61 Å².